The third kappa shape index (κ3) is 5.29. The van der Waals surface area contributed by atoms with Crippen molar-refractivity contribution < 1.29 is 32.4 Å². The second-order valence-corrected chi connectivity index (χ2v) is 10.9. The molecule has 0 saturated carbocycles. The SMILES string of the molecule is O=C1[C@H](CC[C@H](O)c2cccc(F)c2)[C@@H](c2ccc(-c3ccccc3S(=O)(=O)O)c(O)c2)N1c1ccccc1. The summed E-state index contributed by atoms with van der Waals surface area (Å²) in [4.78, 5) is 14.6. The maximum Gasteiger partial charge on any atom is 0.295 e. The van der Waals surface area contributed by atoms with Crippen LogP contribution in [0, 0.1) is 11.7 Å². The summed E-state index contributed by atoms with van der Waals surface area (Å²) < 4.78 is 47.0. The van der Waals surface area contributed by atoms with E-state index in [1.807, 2.05) is 18.2 Å². The standard InChI is InChI=1S/C30H26FNO6S/c31-21-8-6-7-19(17-21)26(33)16-15-25-29(32(30(25)35)22-9-2-1-3-10-22)20-13-14-23(27(34)18-20)24-11-4-5-12-28(24)39(36,37)38/h1-14,17-18,25-26,29,33-34H,15-16H2,(H,36,37,38)/t25-,26+,29-/m1/s1. The summed E-state index contributed by atoms with van der Waals surface area (Å²) in [6.45, 7) is 0. The fourth-order valence-electron chi connectivity index (χ4n) is 5.18. The van der Waals surface area contributed by atoms with Crippen LogP contribution in [0.15, 0.2) is 102 Å². The molecule has 9 heteroatoms. The highest BCUT2D eigenvalue weighted by Crippen LogP contribution is 2.48. The molecule has 1 amide bonds. The molecule has 0 unspecified atom stereocenters. The highest BCUT2D eigenvalue weighted by Gasteiger charge is 2.48. The Morgan fingerprint density at radius 1 is 0.872 bits per heavy atom. The molecule has 1 heterocycles. The first kappa shape index (κ1) is 26.6. The van der Waals surface area contributed by atoms with Crippen molar-refractivity contribution >= 4 is 21.7 Å². The van der Waals surface area contributed by atoms with Crippen LogP contribution >= 0.6 is 0 Å². The minimum atomic E-state index is -4.53. The number of nitrogens with zero attached hydrogens (tertiary/aromatic N) is 1. The van der Waals surface area contributed by atoms with Gasteiger partial charge in [0.1, 0.15) is 16.5 Å². The number of aromatic hydroxyl groups is 1. The molecule has 7 nitrogen and oxygen atoms in total. The zero-order valence-electron chi connectivity index (χ0n) is 20.7. The number of para-hydroxylation sites is 1. The molecule has 4 aromatic carbocycles. The van der Waals surface area contributed by atoms with Crippen LogP contribution in [0.25, 0.3) is 11.1 Å². The molecule has 3 N–H and O–H groups in total. The Balaban J connectivity index is 1.47. The second-order valence-electron chi connectivity index (χ2n) is 9.49. The first-order valence-corrected chi connectivity index (χ1v) is 13.8. The van der Waals surface area contributed by atoms with Crippen LogP contribution in [0.2, 0.25) is 0 Å². The zero-order valence-corrected chi connectivity index (χ0v) is 21.5. The summed E-state index contributed by atoms with van der Waals surface area (Å²) in [5, 5.41) is 21.6. The molecular weight excluding hydrogens is 521 g/mol. The van der Waals surface area contributed by atoms with Crippen LogP contribution in [0.1, 0.15) is 36.1 Å². The molecule has 0 radical (unpaired) electrons. The molecule has 4 aromatic rings. The van der Waals surface area contributed by atoms with Crippen molar-refractivity contribution in [1.82, 2.24) is 0 Å². The lowest BCUT2D eigenvalue weighted by molar-refractivity contribution is -0.131. The van der Waals surface area contributed by atoms with Crippen molar-refractivity contribution in [2.45, 2.75) is 29.9 Å². The number of carbonyl (C=O) groups is 1. The number of aliphatic hydroxyl groups is 1. The molecule has 3 atom stereocenters. The number of halogens is 1. The number of hydrogen-bond acceptors (Lipinski definition) is 5. The average Bonchev–Trinajstić information content (AvgIpc) is 2.91. The van der Waals surface area contributed by atoms with E-state index >= 15 is 0 Å². The molecular formula is C30H26FNO6S. The summed E-state index contributed by atoms with van der Waals surface area (Å²) in [5.41, 5.74) is 2.08. The highest BCUT2D eigenvalue weighted by molar-refractivity contribution is 7.86. The van der Waals surface area contributed by atoms with Crippen LogP contribution in [0.3, 0.4) is 0 Å². The third-order valence-corrected chi connectivity index (χ3v) is 7.96. The van der Waals surface area contributed by atoms with Crippen LogP contribution < -0.4 is 4.90 Å². The maximum absolute atomic E-state index is 13.6. The number of rotatable bonds is 8. The number of amides is 1. The quantitative estimate of drug-likeness (QED) is 0.194. The van der Waals surface area contributed by atoms with Gasteiger partial charge in [0.25, 0.3) is 10.1 Å². The molecule has 1 saturated heterocycles. The number of benzene rings is 4. The molecule has 5 rings (SSSR count). The minimum Gasteiger partial charge on any atom is -0.507 e. The predicted octanol–water partition coefficient (Wildman–Crippen LogP) is 5.66. The number of carbonyl (C=O) groups excluding carboxylic acids is 1. The third-order valence-electron chi connectivity index (χ3n) is 7.05. The summed E-state index contributed by atoms with van der Waals surface area (Å²) in [5.74, 6) is -1.32. The largest absolute Gasteiger partial charge is 0.507 e. The number of anilines is 1. The van der Waals surface area contributed by atoms with Gasteiger partial charge in [-0.2, -0.15) is 8.42 Å². The molecule has 1 aliphatic heterocycles. The molecule has 1 fully saturated rings. The Kier molecular flexibility index (Phi) is 7.22. The van der Waals surface area contributed by atoms with Gasteiger partial charge in [0.05, 0.1) is 18.1 Å². The van der Waals surface area contributed by atoms with E-state index in [1.165, 1.54) is 42.5 Å². The summed E-state index contributed by atoms with van der Waals surface area (Å²) in [6.07, 6.45) is -0.406. The van der Waals surface area contributed by atoms with Crippen molar-refractivity contribution in [3.63, 3.8) is 0 Å². The monoisotopic (exact) mass is 547 g/mol. The van der Waals surface area contributed by atoms with Gasteiger partial charge < -0.3 is 15.1 Å². The van der Waals surface area contributed by atoms with E-state index in [0.717, 1.165) is 0 Å². The topological polar surface area (TPSA) is 115 Å². The summed E-state index contributed by atoms with van der Waals surface area (Å²) >= 11 is 0. The normalized spacial score (nSPS) is 18.0. The van der Waals surface area contributed by atoms with E-state index in [0.29, 0.717) is 23.2 Å². The van der Waals surface area contributed by atoms with Crippen molar-refractivity contribution in [2.75, 3.05) is 4.90 Å². The molecule has 0 bridgehead atoms. The van der Waals surface area contributed by atoms with Gasteiger partial charge in [-0.15, -0.1) is 0 Å². The van der Waals surface area contributed by atoms with Crippen molar-refractivity contribution in [3.05, 3.63) is 114 Å². The molecule has 1 aliphatic rings. The Morgan fingerprint density at radius 3 is 2.28 bits per heavy atom. The Bertz CT molecular complexity index is 1630. The lowest BCUT2D eigenvalue weighted by Gasteiger charge is -2.48. The van der Waals surface area contributed by atoms with E-state index in [9.17, 15) is 32.4 Å². The van der Waals surface area contributed by atoms with Gasteiger partial charge in [-0.3, -0.25) is 9.35 Å². The van der Waals surface area contributed by atoms with Crippen molar-refractivity contribution in [1.29, 1.82) is 0 Å². The first-order chi connectivity index (χ1) is 18.6. The van der Waals surface area contributed by atoms with Crippen LogP contribution in [0.4, 0.5) is 10.1 Å². The smallest absolute Gasteiger partial charge is 0.295 e. The van der Waals surface area contributed by atoms with E-state index in [4.69, 9.17) is 0 Å². The van der Waals surface area contributed by atoms with Gasteiger partial charge in [0.2, 0.25) is 5.91 Å². The van der Waals surface area contributed by atoms with E-state index in [-0.39, 0.29) is 34.1 Å². The molecule has 0 aliphatic carbocycles. The van der Waals surface area contributed by atoms with Crippen LogP contribution in [0.5, 0.6) is 5.75 Å². The molecule has 0 spiro atoms. The summed E-state index contributed by atoms with van der Waals surface area (Å²) in [6, 6.07) is 24.9. The van der Waals surface area contributed by atoms with Gasteiger partial charge in [-0.1, -0.05) is 60.7 Å². The Hall–Kier alpha value is -4.05. The number of phenols is 1. The van der Waals surface area contributed by atoms with Crippen LogP contribution in [-0.2, 0) is 14.9 Å². The number of aliphatic hydroxyl groups excluding tert-OH is 1. The fraction of sp³-hybridized carbons (Fsp3) is 0.167. The molecule has 39 heavy (non-hydrogen) atoms. The van der Waals surface area contributed by atoms with Crippen molar-refractivity contribution in [2.24, 2.45) is 5.92 Å². The van der Waals surface area contributed by atoms with Gasteiger partial charge >= 0.3 is 0 Å². The van der Waals surface area contributed by atoms with Gasteiger partial charge in [-0.05, 0) is 60.4 Å². The van der Waals surface area contributed by atoms with Crippen LogP contribution in [-0.4, -0.2) is 29.1 Å². The predicted molar refractivity (Wildman–Crippen MR) is 144 cm³/mol. The minimum absolute atomic E-state index is 0.141. The van der Waals surface area contributed by atoms with Crippen molar-refractivity contribution in [3.8, 4) is 16.9 Å². The van der Waals surface area contributed by atoms with E-state index < -0.39 is 34.0 Å². The maximum atomic E-state index is 13.6. The fourth-order valence-corrected chi connectivity index (χ4v) is 5.89. The lowest BCUT2D eigenvalue weighted by atomic mass is 9.78. The number of β-lactam (4-membered cyclic amide) rings is 1. The highest BCUT2D eigenvalue weighted by atomic mass is 32.2. The zero-order chi connectivity index (χ0) is 27.7. The first-order valence-electron chi connectivity index (χ1n) is 12.4. The van der Waals surface area contributed by atoms with E-state index in [2.05, 4.69) is 0 Å². The molecule has 0 aromatic heterocycles. The van der Waals surface area contributed by atoms with Gasteiger partial charge in [-0.25, -0.2) is 4.39 Å². The number of phenolic OH excluding ortho intramolecular Hbond substituents is 1. The van der Waals surface area contributed by atoms with Gasteiger partial charge in [0.15, 0.2) is 0 Å². The Morgan fingerprint density at radius 2 is 1.59 bits per heavy atom. The van der Waals surface area contributed by atoms with E-state index in [1.54, 1.807) is 41.3 Å². The lowest BCUT2D eigenvalue weighted by Crippen LogP contribution is -2.55. The average molecular weight is 548 g/mol. The second kappa shape index (κ2) is 10.6. The summed E-state index contributed by atoms with van der Waals surface area (Å²) in [7, 11) is -4.53. The Labute approximate surface area is 225 Å². The molecule has 200 valence electrons. The number of hydrogen-bond donors (Lipinski definition) is 3. The van der Waals surface area contributed by atoms with Gasteiger partial charge in [0, 0.05) is 16.8 Å².